The van der Waals surface area contributed by atoms with Crippen molar-refractivity contribution in [2.45, 2.75) is 37.1 Å². The van der Waals surface area contributed by atoms with Gasteiger partial charge in [-0.25, -0.2) is 0 Å². The molecular formula is C16H21N3. The highest BCUT2D eigenvalue weighted by Crippen LogP contribution is 2.48. The number of nitrogens with zero attached hydrogens (tertiary/aromatic N) is 2. The van der Waals surface area contributed by atoms with Crippen LogP contribution in [0.2, 0.25) is 0 Å². The van der Waals surface area contributed by atoms with Crippen LogP contribution in [0.3, 0.4) is 0 Å². The third kappa shape index (κ3) is 2.08. The van der Waals surface area contributed by atoms with Crippen LogP contribution in [-0.4, -0.2) is 9.78 Å². The number of benzene rings is 1. The molecule has 1 saturated carbocycles. The van der Waals surface area contributed by atoms with Crippen LogP contribution in [-0.2, 0) is 12.5 Å². The van der Waals surface area contributed by atoms with Gasteiger partial charge < -0.3 is 5.73 Å². The molecular weight excluding hydrogens is 234 g/mol. The predicted molar refractivity (Wildman–Crippen MR) is 76.7 cm³/mol. The summed E-state index contributed by atoms with van der Waals surface area (Å²) in [6, 6.07) is 10.8. The first-order valence-corrected chi connectivity index (χ1v) is 7.02. The van der Waals surface area contributed by atoms with Crippen LogP contribution in [0.1, 0.15) is 42.9 Å². The standard InChI is InChI=1S/C16H21N3/c1-19-12-13(11-18-19)15(17)16(9-5-6-10-16)14-7-3-2-4-8-14/h2-4,7-8,11-12,15H,5-6,9-10,17H2,1H3. The summed E-state index contributed by atoms with van der Waals surface area (Å²) in [5.41, 5.74) is 9.24. The molecule has 0 radical (unpaired) electrons. The van der Waals surface area contributed by atoms with E-state index in [2.05, 4.69) is 35.4 Å². The van der Waals surface area contributed by atoms with Crippen molar-refractivity contribution >= 4 is 0 Å². The monoisotopic (exact) mass is 255 g/mol. The van der Waals surface area contributed by atoms with Gasteiger partial charge in [-0.3, -0.25) is 4.68 Å². The largest absolute Gasteiger partial charge is 0.323 e. The Morgan fingerprint density at radius 1 is 1.21 bits per heavy atom. The highest BCUT2D eigenvalue weighted by Gasteiger charge is 2.41. The number of hydrogen-bond donors (Lipinski definition) is 1. The van der Waals surface area contributed by atoms with E-state index in [1.165, 1.54) is 31.2 Å². The molecule has 1 aliphatic carbocycles. The van der Waals surface area contributed by atoms with Crippen molar-refractivity contribution in [3.05, 3.63) is 53.9 Å². The van der Waals surface area contributed by atoms with E-state index < -0.39 is 0 Å². The van der Waals surface area contributed by atoms with Crippen molar-refractivity contribution in [3.8, 4) is 0 Å². The smallest absolute Gasteiger partial charge is 0.0537 e. The van der Waals surface area contributed by atoms with Crippen molar-refractivity contribution in [1.29, 1.82) is 0 Å². The topological polar surface area (TPSA) is 43.8 Å². The van der Waals surface area contributed by atoms with Crippen molar-refractivity contribution in [2.24, 2.45) is 12.8 Å². The molecule has 0 bridgehead atoms. The second kappa shape index (κ2) is 4.82. The summed E-state index contributed by atoms with van der Waals surface area (Å²) in [7, 11) is 1.94. The molecule has 1 aromatic heterocycles. The number of aromatic nitrogens is 2. The van der Waals surface area contributed by atoms with Crippen molar-refractivity contribution in [2.75, 3.05) is 0 Å². The maximum Gasteiger partial charge on any atom is 0.0537 e. The van der Waals surface area contributed by atoms with Crippen LogP contribution >= 0.6 is 0 Å². The van der Waals surface area contributed by atoms with E-state index in [9.17, 15) is 0 Å². The third-order valence-corrected chi connectivity index (χ3v) is 4.52. The summed E-state index contributed by atoms with van der Waals surface area (Å²) in [6.45, 7) is 0. The normalized spacial score (nSPS) is 19.5. The van der Waals surface area contributed by atoms with Crippen molar-refractivity contribution in [3.63, 3.8) is 0 Å². The fourth-order valence-corrected chi connectivity index (χ4v) is 3.47. The molecule has 0 spiro atoms. The molecule has 0 saturated heterocycles. The molecule has 1 heterocycles. The van der Waals surface area contributed by atoms with E-state index in [1.54, 1.807) is 0 Å². The lowest BCUT2D eigenvalue weighted by Gasteiger charge is -2.35. The lowest BCUT2D eigenvalue weighted by atomic mass is 9.71. The molecule has 1 aliphatic rings. The third-order valence-electron chi connectivity index (χ3n) is 4.52. The van der Waals surface area contributed by atoms with Crippen LogP contribution in [0.25, 0.3) is 0 Å². The van der Waals surface area contributed by atoms with E-state index in [0.717, 1.165) is 5.56 Å². The van der Waals surface area contributed by atoms with Gasteiger partial charge in [0.05, 0.1) is 6.20 Å². The van der Waals surface area contributed by atoms with E-state index in [-0.39, 0.29) is 11.5 Å². The first-order chi connectivity index (χ1) is 9.22. The molecule has 3 nitrogen and oxygen atoms in total. The zero-order chi connectivity index (χ0) is 13.3. The molecule has 3 heteroatoms. The summed E-state index contributed by atoms with van der Waals surface area (Å²) in [5, 5.41) is 4.27. The molecule has 2 aromatic rings. The van der Waals surface area contributed by atoms with Gasteiger partial charge in [0.25, 0.3) is 0 Å². The minimum absolute atomic E-state index is 0.0334. The van der Waals surface area contributed by atoms with E-state index in [1.807, 2.05) is 24.1 Å². The first kappa shape index (κ1) is 12.4. The Hall–Kier alpha value is -1.61. The van der Waals surface area contributed by atoms with Crippen LogP contribution in [0.15, 0.2) is 42.7 Å². The second-order valence-corrected chi connectivity index (χ2v) is 5.65. The average molecular weight is 255 g/mol. The fraction of sp³-hybridized carbons (Fsp3) is 0.438. The summed E-state index contributed by atoms with van der Waals surface area (Å²) in [6.07, 6.45) is 8.84. The van der Waals surface area contributed by atoms with Crippen molar-refractivity contribution in [1.82, 2.24) is 9.78 Å². The lowest BCUT2D eigenvalue weighted by Crippen LogP contribution is -2.36. The quantitative estimate of drug-likeness (QED) is 0.916. The Morgan fingerprint density at radius 3 is 2.47 bits per heavy atom. The zero-order valence-corrected chi connectivity index (χ0v) is 11.4. The minimum Gasteiger partial charge on any atom is -0.323 e. The zero-order valence-electron chi connectivity index (χ0n) is 11.4. The summed E-state index contributed by atoms with van der Waals surface area (Å²) in [4.78, 5) is 0. The predicted octanol–water partition coefficient (Wildman–Crippen LogP) is 2.93. The highest BCUT2D eigenvalue weighted by atomic mass is 15.2. The average Bonchev–Trinajstić information content (AvgIpc) is 3.08. The number of rotatable bonds is 3. The molecule has 1 unspecified atom stereocenters. The van der Waals surface area contributed by atoms with Gasteiger partial charge in [0.2, 0.25) is 0 Å². The maximum absolute atomic E-state index is 6.63. The van der Waals surface area contributed by atoms with Gasteiger partial charge in [-0.1, -0.05) is 43.2 Å². The SMILES string of the molecule is Cn1cc(C(N)C2(c3ccccc3)CCCC2)cn1. The lowest BCUT2D eigenvalue weighted by molar-refractivity contribution is 0.356. The number of nitrogens with two attached hydrogens (primary N) is 1. The Kier molecular flexibility index (Phi) is 3.15. The van der Waals surface area contributed by atoms with Gasteiger partial charge in [0.15, 0.2) is 0 Å². The van der Waals surface area contributed by atoms with Gasteiger partial charge in [-0.05, 0) is 18.4 Å². The second-order valence-electron chi connectivity index (χ2n) is 5.65. The van der Waals surface area contributed by atoms with E-state index in [0.29, 0.717) is 0 Å². The summed E-state index contributed by atoms with van der Waals surface area (Å²) >= 11 is 0. The first-order valence-electron chi connectivity index (χ1n) is 7.02. The van der Waals surface area contributed by atoms with Gasteiger partial charge in [-0.15, -0.1) is 0 Å². The number of hydrogen-bond acceptors (Lipinski definition) is 2. The Labute approximate surface area is 114 Å². The van der Waals surface area contributed by atoms with Crippen molar-refractivity contribution < 1.29 is 0 Å². The van der Waals surface area contributed by atoms with Gasteiger partial charge in [0, 0.05) is 30.3 Å². The molecule has 19 heavy (non-hydrogen) atoms. The van der Waals surface area contributed by atoms with Gasteiger partial charge >= 0.3 is 0 Å². The van der Waals surface area contributed by atoms with Gasteiger partial charge in [-0.2, -0.15) is 5.10 Å². The number of aryl methyl sites for hydroxylation is 1. The molecule has 1 fully saturated rings. The molecule has 0 amide bonds. The molecule has 0 aliphatic heterocycles. The molecule has 3 rings (SSSR count). The van der Waals surface area contributed by atoms with Crippen LogP contribution in [0, 0.1) is 0 Å². The minimum atomic E-state index is 0.0334. The highest BCUT2D eigenvalue weighted by molar-refractivity contribution is 5.32. The van der Waals surface area contributed by atoms with E-state index in [4.69, 9.17) is 5.73 Å². The Bertz CT molecular complexity index is 538. The maximum atomic E-state index is 6.63. The molecule has 1 atom stereocenters. The Morgan fingerprint density at radius 2 is 1.89 bits per heavy atom. The fourth-order valence-electron chi connectivity index (χ4n) is 3.47. The summed E-state index contributed by atoms with van der Waals surface area (Å²) < 4.78 is 1.84. The molecule has 1 aromatic carbocycles. The Balaban J connectivity index is 2.01. The summed E-state index contributed by atoms with van der Waals surface area (Å²) in [5.74, 6) is 0. The van der Waals surface area contributed by atoms with Crippen LogP contribution in [0.5, 0.6) is 0 Å². The van der Waals surface area contributed by atoms with Crippen LogP contribution in [0.4, 0.5) is 0 Å². The molecule has 2 N–H and O–H groups in total. The van der Waals surface area contributed by atoms with Crippen LogP contribution < -0.4 is 5.73 Å². The van der Waals surface area contributed by atoms with Gasteiger partial charge in [0.1, 0.15) is 0 Å². The molecule has 100 valence electrons. The van der Waals surface area contributed by atoms with E-state index >= 15 is 0 Å².